The average molecular weight is 247 g/mol. The van der Waals surface area contributed by atoms with Crippen LogP contribution in [0.5, 0.6) is 0 Å². The Hall–Kier alpha value is -1.55. The molecule has 1 amide bonds. The highest BCUT2D eigenvalue weighted by Gasteiger charge is 2.29. The number of nitrogens with zero attached hydrogens (tertiary/aromatic N) is 1. The molecule has 0 radical (unpaired) electrons. The van der Waals surface area contributed by atoms with E-state index in [0.717, 1.165) is 12.2 Å². The van der Waals surface area contributed by atoms with Crippen molar-refractivity contribution in [3.05, 3.63) is 29.3 Å². The lowest BCUT2D eigenvalue weighted by Crippen LogP contribution is -2.56. The minimum atomic E-state index is -0.135. The average Bonchev–Trinajstić information content (AvgIpc) is 2.35. The van der Waals surface area contributed by atoms with E-state index < -0.39 is 0 Å². The van der Waals surface area contributed by atoms with Crippen LogP contribution in [0.3, 0.4) is 0 Å². The zero-order chi connectivity index (χ0) is 13.1. The highest BCUT2D eigenvalue weighted by molar-refractivity contribution is 5.86. The van der Waals surface area contributed by atoms with Crippen molar-refractivity contribution in [3.63, 3.8) is 0 Å². The van der Waals surface area contributed by atoms with Gasteiger partial charge >= 0.3 is 0 Å². The predicted molar refractivity (Wildman–Crippen MR) is 73.7 cm³/mol. The second-order valence-electron chi connectivity index (χ2n) is 4.87. The summed E-state index contributed by atoms with van der Waals surface area (Å²) in [5, 5.41) is 2.91. The number of rotatable bonds is 3. The minimum Gasteiger partial charge on any atom is -0.357 e. The molecule has 1 aromatic carbocycles. The van der Waals surface area contributed by atoms with Crippen molar-refractivity contribution < 1.29 is 4.79 Å². The van der Waals surface area contributed by atoms with Gasteiger partial charge in [0.05, 0.1) is 0 Å². The number of benzene rings is 1. The van der Waals surface area contributed by atoms with Crippen LogP contribution >= 0.6 is 0 Å². The maximum absolute atomic E-state index is 12.0. The molecule has 2 rings (SSSR count). The summed E-state index contributed by atoms with van der Waals surface area (Å²) in [6.07, 6.45) is 0.694. The van der Waals surface area contributed by atoms with Crippen LogP contribution < -0.4 is 16.0 Å². The monoisotopic (exact) mass is 247 g/mol. The number of carbonyl (C=O) groups excluding carboxylic acids is 1. The second kappa shape index (κ2) is 5.40. The molecule has 18 heavy (non-hydrogen) atoms. The lowest BCUT2D eigenvalue weighted by molar-refractivity contribution is -0.123. The molecule has 4 heteroatoms. The molecular formula is C14H21N3O. The standard InChI is InChI=1S/C14H21N3O/c1-10-3-4-11(2)13(9-10)17-8-7-16-14(18)12(17)5-6-15/h3-4,9,12H,5-8,15H2,1-2H3,(H,16,18). The van der Waals surface area contributed by atoms with E-state index in [1.807, 2.05) is 0 Å². The number of carbonyl (C=O) groups is 1. The van der Waals surface area contributed by atoms with Gasteiger partial charge in [0.25, 0.3) is 0 Å². The Balaban J connectivity index is 2.33. The van der Waals surface area contributed by atoms with E-state index in [-0.39, 0.29) is 11.9 Å². The van der Waals surface area contributed by atoms with Crippen LogP contribution in [-0.2, 0) is 4.79 Å². The zero-order valence-corrected chi connectivity index (χ0v) is 11.1. The molecule has 1 aromatic rings. The Morgan fingerprint density at radius 2 is 2.22 bits per heavy atom. The third kappa shape index (κ3) is 2.48. The van der Waals surface area contributed by atoms with E-state index in [9.17, 15) is 4.79 Å². The first kappa shape index (κ1) is 12.9. The molecule has 0 aliphatic carbocycles. The van der Waals surface area contributed by atoms with Crippen LogP contribution in [0.15, 0.2) is 18.2 Å². The SMILES string of the molecule is Cc1ccc(C)c(N2CCNC(=O)C2CCN)c1. The maximum atomic E-state index is 12.0. The normalized spacial score (nSPS) is 19.8. The molecule has 1 heterocycles. The van der Waals surface area contributed by atoms with E-state index in [1.165, 1.54) is 11.1 Å². The van der Waals surface area contributed by atoms with Gasteiger partial charge in [-0.25, -0.2) is 0 Å². The quantitative estimate of drug-likeness (QED) is 0.836. The molecule has 1 unspecified atom stereocenters. The molecule has 0 bridgehead atoms. The van der Waals surface area contributed by atoms with Crippen molar-refractivity contribution in [1.82, 2.24) is 5.32 Å². The van der Waals surface area contributed by atoms with Crippen LogP contribution in [0, 0.1) is 13.8 Å². The number of nitrogens with two attached hydrogens (primary N) is 1. The molecule has 1 aliphatic heterocycles. The molecule has 4 nitrogen and oxygen atoms in total. The first-order valence-corrected chi connectivity index (χ1v) is 6.45. The van der Waals surface area contributed by atoms with Gasteiger partial charge in [-0.15, -0.1) is 0 Å². The fourth-order valence-electron chi connectivity index (χ4n) is 2.48. The topological polar surface area (TPSA) is 58.4 Å². The summed E-state index contributed by atoms with van der Waals surface area (Å²) in [5.41, 5.74) is 9.20. The van der Waals surface area contributed by atoms with Crippen LogP contribution in [0.25, 0.3) is 0 Å². The third-order valence-corrected chi connectivity index (χ3v) is 3.44. The van der Waals surface area contributed by atoms with Crippen molar-refractivity contribution >= 4 is 11.6 Å². The molecule has 3 N–H and O–H groups in total. The smallest absolute Gasteiger partial charge is 0.242 e. The molecule has 0 spiro atoms. The molecule has 1 fully saturated rings. The first-order valence-electron chi connectivity index (χ1n) is 6.45. The van der Waals surface area contributed by atoms with Gasteiger partial charge in [-0.05, 0) is 44.0 Å². The maximum Gasteiger partial charge on any atom is 0.242 e. The van der Waals surface area contributed by atoms with Crippen molar-refractivity contribution in [2.24, 2.45) is 5.73 Å². The fraction of sp³-hybridized carbons (Fsp3) is 0.500. The summed E-state index contributed by atoms with van der Waals surface area (Å²) in [6, 6.07) is 6.22. The van der Waals surface area contributed by atoms with Crippen molar-refractivity contribution in [3.8, 4) is 0 Å². The summed E-state index contributed by atoms with van der Waals surface area (Å²) in [5.74, 6) is 0.0904. The number of hydrogen-bond donors (Lipinski definition) is 2. The van der Waals surface area contributed by atoms with Crippen LogP contribution in [0.4, 0.5) is 5.69 Å². The zero-order valence-electron chi connectivity index (χ0n) is 11.1. The molecule has 0 aromatic heterocycles. The van der Waals surface area contributed by atoms with E-state index in [0.29, 0.717) is 19.5 Å². The molecule has 1 atom stereocenters. The summed E-state index contributed by atoms with van der Waals surface area (Å²) in [6.45, 7) is 6.24. The Morgan fingerprint density at radius 1 is 1.44 bits per heavy atom. The van der Waals surface area contributed by atoms with Gasteiger partial charge in [-0.3, -0.25) is 4.79 Å². The fourth-order valence-corrected chi connectivity index (χ4v) is 2.48. The van der Waals surface area contributed by atoms with Crippen LogP contribution in [0.1, 0.15) is 17.5 Å². The van der Waals surface area contributed by atoms with Crippen molar-refractivity contribution in [2.75, 3.05) is 24.5 Å². The first-order chi connectivity index (χ1) is 8.63. The van der Waals surface area contributed by atoms with Crippen molar-refractivity contribution in [2.45, 2.75) is 26.3 Å². The Morgan fingerprint density at radius 3 is 2.94 bits per heavy atom. The van der Waals surface area contributed by atoms with Crippen molar-refractivity contribution in [1.29, 1.82) is 0 Å². The lowest BCUT2D eigenvalue weighted by Gasteiger charge is -2.37. The van der Waals surface area contributed by atoms with E-state index in [2.05, 4.69) is 42.3 Å². The third-order valence-electron chi connectivity index (χ3n) is 3.44. The Labute approximate surface area is 108 Å². The molecule has 0 saturated carbocycles. The van der Waals surface area contributed by atoms with Gasteiger partial charge in [-0.1, -0.05) is 12.1 Å². The summed E-state index contributed by atoms with van der Waals surface area (Å²) < 4.78 is 0. The van der Waals surface area contributed by atoms with E-state index >= 15 is 0 Å². The number of nitrogens with one attached hydrogen (secondary N) is 1. The molecule has 1 saturated heterocycles. The van der Waals surface area contributed by atoms with Crippen LogP contribution in [-0.4, -0.2) is 31.6 Å². The van der Waals surface area contributed by atoms with Gasteiger partial charge in [0.1, 0.15) is 6.04 Å². The second-order valence-corrected chi connectivity index (χ2v) is 4.87. The number of amides is 1. The summed E-state index contributed by atoms with van der Waals surface area (Å²) in [4.78, 5) is 14.1. The predicted octanol–water partition coefficient (Wildman–Crippen LogP) is 0.957. The highest BCUT2D eigenvalue weighted by Crippen LogP contribution is 2.25. The minimum absolute atomic E-state index is 0.0904. The largest absolute Gasteiger partial charge is 0.357 e. The number of aryl methyl sites for hydroxylation is 2. The summed E-state index contributed by atoms with van der Waals surface area (Å²) in [7, 11) is 0. The van der Waals surface area contributed by atoms with Gasteiger partial charge in [-0.2, -0.15) is 0 Å². The van der Waals surface area contributed by atoms with Gasteiger partial charge < -0.3 is 16.0 Å². The van der Waals surface area contributed by atoms with Gasteiger partial charge in [0.15, 0.2) is 0 Å². The number of anilines is 1. The number of hydrogen-bond acceptors (Lipinski definition) is 3. The Bertz CT molecular complexity index is 445. The molecular weight excluding hydrogens is 226 g/mol. The summed E-state index contributed by atoms with van der Waals surface area (Å²) >= 11 is 0. The number of piperazine rings is 1. The van der Waals surface area contributed by atoms with Gasteiger partial charge in [0, 0.05) is 18.8 Å². The molecule has 1 aliphatic rings. The van der Waals surface area contributed by atoms with Crippen LogP contribution in [0.2, 0.25) is 0 Å². The van der Waals surface area contributed by atoms with E-state index in [4.69, 9.17) is 5.73 Å². The molecule has 98 valence electrons. The Kier molecular flexibility index (Phi) is 3.87. The highest BCUT2D eigenvalue weighted by atomic mass is 16.2. The van der Waals surface area contributed by atoms with Gasteiger partial charge in [0.2, 0.25) is 5.91 Å². The van der Waals surface area contributed by atoms with E-state index in [1.54, 1.807) is 0 Å². The lowest BCUT2D eigenvalue weighted by atomic mass is 10.0.